The van der Waals surface area contributed by atoms with Crippen LogP contribution in [0.15, 0.2) is 22.7 Å². The van der Waals surface area contributed by atoms with Crippen LogP contribution in [0.4, 0.5) is 0 Å². The molecule has 84 valence electrons. The Morgan fingerprint density at radius 1 is 1.50 bits per heavy atom. The number of hydrogen-bond donors (Lipinski definition) is 0. The summed E-state index contributed by atoms with van der Waals surface area (Å²) in [7, 11) is 0. The number of aryl methyl sites for hydroxylation is 1. The summed E-state index contributed by atoms with van der Waals surface area (Å²) in [5.41, 5.74) is 0. The van der Waals surface area contributed by atoms with Crippen LogP contribution in [0, 0.1) is 0 Å². The highest BCUT2D eigenvalue weighted by Gasteiger charge is 2.08. The van der Waals surface area contributed by atoms with Crippen molar-refractivity contribution in [2.24, 2.45) is 0 Å². The van der Waals surface area contributed by atoms with Gasteiger partial charge in [-0.3, -0.25) is 0 Å². The van der Waals surface area contributed by atoms with E-state index >= 15 is 0 Å². The molecule has 1 heterocycles. The zero-order chi connectivity index (χ0) is 11.5. The predicted molar refractivity (Wildman–Crippen MR) is 68.5 cm³/mol. The molecule has 0 bridgehead atoms. The number of aromatic nitrogens is 2. The number of benzene rings is 1. The normalized spacial score (nSPS) is 10.4. The molecular weight excluding hydrogens is 312 g/mol. The number of halogens is 2. The highest BCUT2D eigenvalue weighted by atomic mass is 79.9. The number of ether oxygens (including phenoxy) is 1. The van der Waals surface area contributed by atoms with Gasteiger partial charge in [0, 0.05) is 22.4 Å². The second-order valence-corrected chi connectivity index (χ2v) is 5.04. The fourth-order valence-electron chi connectivity index (χ4n) is 1.07. The third-order valence-electron chi connectivity index (χ3n) is 1.86. The van der Waals surface area contributed by atoms with Crippen molar-refractivity contribution >= 4 is 39.1 Å². The van der Waals surface area contributed by atoms with Crippen molar-refractivity contribution < 1.29 is 4.74 Å². The van der Waals surface area contributed by atoms with E-state index in [4.69, 9.17) is 16.3 Å². The Morgan fingerprint density at radius 3 is 3.00 bits per heavy atom. The lowest BCUT2D eigenvalue weighted by Crippen LogP contribution is -1.86. The average Bonchev–Trinajstić information content (AvgIpc) is 2.71. The standard InChI is InChI=1S/C10H8BrClN2OS/c1-2-9-13-10(16-14-9)15-8-5-6(11)3-4-7(8)12/h3-5H,2H2,1H3. The Hall–Kier alpha value is -0.650. The van der Waals surface area contributed by atoms with Gasteiger partial charge in [-0.2, -0.15) is 9.36 Å². The molecule has 6 heteroatoms. The summed E-state index contributed by atoms with van der Waals surface area (Å²) in [5.74, 6) is 1.36. The third-order valence-corrected chi connectivity index (χ3v) is 3.29. The minimum absolute atomic E-state index is 0.511. The molecule has 0 unspecified atom stereocenters. The second-order valence-electron chi connectivity index (χ2n) is 3.01. The quantitative estimate of drug-likeness (QED) is 0.845. The Bertz CT molecular complexity index is 503. The zero-order valence-electron chi connectivity index (χ0n) is 8.41. The Kier molecular flexibility index (Phi) is 3.78. The summed E-state index contributed by atoms with van der Waals surface area (Å²) in [6, 6.07) is 5.42. The van der Waals surface area contributed by atoms with Crippen LogP contribution in [0.1, 0.15) is 12.7 Å². The first-order valence-electron chi connectivity index (χ1n) is 4.64. The molecule has 16 heavy (non-hydrogen) atoms. The van der Waals surface area contributed by atoms with Gasteiger partial charge in [-0.1, -0.05) is 34.5 Å². The molecule has 0 saturated heterocycles. The van der Waals surface area contributed by atoms with Crippen molar-refractivity contribution in [1.82, 2.24) is 9.36 Å². The number of rotatable bonds is 3. The zero-order valence-corrected chi connectivity index (χ0v) is 11.6. The maximum Gasteiger partial charge on any atom is 0.298 e. The topological polar surface area (TPSA) is 35.0 Å². The van der Waals surface area contributed by atoms with Gasteiger partial charge in [-0.25, -0.2) is 0 Å². The van der Waals surface area contributed by atoms with Crippen molar-refractivity contribution in [2.45, 2.75) is 13.3 Å². The summed E-state index contributed by atoms with van der Waals surface area (Å²) in [5, 5.41) is 1.06. The highest BCUT2D eigenvalue weighted by molar-refractivity contribution is 9.10. The van der Waals surface area contributed by atoms with E-state index in [2.05, 4.69) is 25.3 Å². The highest BCUT2D eigenvalue weighted by Crippen LogP contribution is 2.32. The van der Waals surface area contributed by atoms with Gasteiger partial charge in [0.15, 0.2) is 0 Å². The second kappa shape index (κ2) is 5.12. The van der Waals surface area contributed by atoms with Gasteiger partial charge in [0.2, 0.25) is 0 Å². The molecule has 0 atom stereocenters. The molecular formula is C10H8BrClN2OS. The predicted octanol–water partition coefficient (Wildman–Crippen LogP) is 4.31. The van der Waals surface area contributed by atoms with E-state index in [1.54, 1.807) is 12.1 Å². The monoisotopic (exact) mass is 318 g/mol. The van der Waals surface area contributed by atoms with E-state index in [9.17, 15) is 0 Å². The van der Waals surface area contributed by atoms with Gasteiger partial charge >= 0.3 is 0 Å². The summed E-state index contributed by atoms with van der Waals surface area (Å²) >= 11 is 10.6. The number of nitrogens with zero attached hydrogens (tertiary/aromatic N) is 2. The first kappa shape index (κ1) is 11.8. The largest absolute Gasteiger partial charge is 0.428 e. The van der Waals surface area contributed by atoms with Crippen LogP contribution in [-0.4, -0.2) is 9.36 Å². The summed E-state index contributed by atoms with van der Waals surface area (Å²) in [6.45, 7) is 2.00. The molecule has 0 aliphatic heterocycles. The first-order chi connectivity index (χ1) is 7.69. The molecule has 0 fully saturated rings. The minimum Gasteiger partial charge on any atom is -0.428 e. The lowest BCUT2D eigenvalue weighted by Gasteiger charge is -2.03. The molecule has 2 rings (SSSR count). The van der Waals surface area contributed by atoms with Crippen LogP contribution >= 0.6 is 39.1 Å². The van der Waals surface area contributed by atoms with Gasteiger partial charge < -0.3 is 4.74 Å². The molecule has 0 N–H and O–H groups in total. The fraction of sp³-hybridized carbons (Fsp3) is 0.200. The average molecular weight is 320 g/mol. The van der Waals surface area contributed by atoms with E-state index in [1.165, 1.54) is 11.5 Å². The molecule has 1 aromatic carbocycles. The van der Waals surface area contributed by atoms with Gasteiger partial charge in [-0.05, 0) is 18.2 Å². The van der Waals surface area contributed by atoms with Gasteiger partial charge in [0.25, 0.3) is 5.19 Å². The molecule has 0 radical (unpaired) electrons. The Balaban J connectivity index is 2.22. The van der Waals surface area contributed by atoms with Crippen LogP contribution in [0.25, 0.3) is 0 Å². The first-order valence-corrected chi connectivity index (χ1v) is 6.59. The molecule has 0 saturated carbocycles. The van der Waals surface area contributed by atoms with Crippen molar-refractivity contribution in [3.63, 3.8) is 0 Å². The molecule has 0 aliphatic rings. The van der Waals surface area contributed by atoms with Crippen molar-refractivity contribution in [3.8, 4) is 10.9 Å². The molecule has 1 aromatic heterocycles. The molecule has 0 aliphatic carbocycles. The van der Waals surface area contributed by atoms with E-state index < -0.39 is 0 Å². The molecule has 0 amide bonds. The summed E-state index contributed by atoms with van der Waals surface area (Å²) in [6.07, 6.45) is 0.798. The molecule has 0 spiro atoms. The van der Waals surface area contributed by atoms with E-state index in [-0.39, 0.29) is 0 Å². The summed E-state index contributed by atoms with van der Waals surface area (Å²) in [4.78, 5) is 4.21. The van der Waals surface area contributed by atoms with Gasteiger partial charge in [0.1, 0.15) is 11.6 Å². The van der Waals surface area contributed by atoms with E-state index in [0.717, 1.165) is 16.7 Å². The van der Waals surface area contributed by atoms with Crippen LogP contribution < -0.4 is 4.74 Å². The van der Waals surface area contributed by atoms with Crippen LogP contribution in [0.3, 0.4) is 0 Å². The Labute approximate surface area is 111 Å². The lowest BCUT2D eigenvalue weighted by atomic mass is 10.3. The third kappa shape index (κ3) is 2.72. The maximum atomic E-state index is 6.00. The van der Waals surface area contributed by atoms with Crippen molar-refractivity contribution in [2.75, 3.05) is 0 Å². The van der Waals surface area contributed by atoms with Crippen molar-refractivity contribution in [3.05, 3.63) is 33.5 Å². The van der Waals surface area contributed by atoms with Gasteiger partial charge in [-0.15, -0.1) is 0 Å². The SMILES string of the molecule is CCc1nsc(Oc2cc(Br)ccc2Cl)n1. The van der Waals surface area contributed by atoms with Crippen LogP contribution in [-0.2, 0) is 6.42 Å². The lowest BCUT2D eigenvalue weighted by molar-refractivity contribution is 0.477. The summed E-state index contributed by atoms with van der Waals surface area (Å²) < 4.78 is 10.6. The smallest absolute Gasteiger partial charge is 0.298 e. The number of hydrogen-bond acceptors (Lipinski definition) is 4. The minimum atomic E-state index is 0.511. The fourth-order valence-corrected chi connectivity index (χ4v) is 2.20. The molecule has 3 nitrogen and oxygen atoms in total. The van der Waals surface area contributed by atoms with E-state index in [1.807, 2.05) is 13.0 Å². The van der Waals surface area contributed by atoms with Crippen LogP contribution in [0.5, 0.6) is 10.9 Å². The molecule has 2 aromatic rings. The Morgan fingerprint density at radius 2 is 2.31 bits per heavy atom. The maximum absolute atomic E-state index is 6.00. The van der Waals surface area contributed by atoms with E-state index in [0.29, 0.717) is 16.0 Å². The van der Waals surface area contributed by atoms with Crippen LogP contribution in [0.2, 0.25) is 5.02 Å². The van der Waals surface area contributed by atoms with Crippen molar-refractivity contribution in [1.29, 1.82) is 0 Å². The van der Waals surface area contributed by atoms with Gasteiger partial charge in [0.05, 0.1) is 5.02 Å².